The summed E-state index contributed by atoms with van der Waals surface area (Å²) in [7, 11) is 0. The van der Waals surface area contributed by atoms with Gasteiger partial charge in [0, 0.05) is 17.7 Å². The zero-order chi connectivity index (χ0) is 13.9. The summed E-state index contributed by atoms with van der Waals surface area (Å²) in [6.07, 6.45) is 4.53. The van der Waals surface area contributed by atoms with Crippen LogP contribution in [0.3, 0.4) is 0 Å². The Kier molecular flexibility index (Phi) is 3.04. The number of aryl methyl sites for hydroxylation is 1. The van der Waals surface area contributed by atoms with Crippen LogP contribution in [-0.4, -0.2) is 21.1 Å². The van der Waals surface area contributed by atoms with Crippen molar-refractivity contribution in [3.8, 4) is 0 Å². The van der Waals surface area contributed by atoms with Crippen molar-refractivity contribution >= 4 is 28.9 Å². The van der Waals surface area contributed by atoms with Crippen LogP contribution >= 0.6 is 0 Å². The molecule has 20 heavy (non-hydrogen) atoms. The number of benzene rings is 1. The molecule has 2 heterocycles. The van der Waals surface area contributed by atoms with E-state index in [1.54, 1.807) is 6.20 Å². The van der Waals surface area contributed by atoms with Gasteiger partial charge in [-0.05, 0) is 19.1 Å². The van der Waals surface area contributed by atoms with Gasteiger partial charge in [0.2, 0.25) is 11.8 Å². The zero-order valence-corrected chi connectivity index (χ0v) is 10.8. The molecule has 1 amide bonds. The van der Waals surface area contributed by atoms with Crippen molar-refractivity contribution in [3.63, 3.8) is 0 Å². The Morgan fingerprint density at radius 2 is 2.25 bits per heavy atom. The van der Waals surface area contributed by atoms with Crippen molar-refractivity contribution in [3.05, 3.63) is 48.0 Å². The number of aromatic nitrogens is 3. The van der Waals surface area contributed by atoms with E-state index >= 15 is 0 Å². The van der Waals surface area contributed by atoms with E-state index in [0.29, 0.717) is 17.3 Å². The number of H-pyrrole nitrogens is 1. The maximum Gasteiger partial charge on any atom is 0.249 e. The largest absolute Gasteiger partial charge is 0.437 e. The number of hydrogen-bond acceptors (Lipinski definition) is 4. The number of hydrogen-bond donors (Lipinski definition) is 2. The van der Waals surface area contributed by atoms with E-state index in [9.17, 15) is 4.79 Å². The van der Waals surface area contributed by atoms with Gasteiger partial charge in [-0.15, -0.1) is 0 Å². The maximum atomic E-state index is 11.7. The predicted molar refractivity (Wildman–Crippen MR) is 75.0 cm³/mol. The SMILES string of the molecule is Cc1cn[nH]c1NC(=O)/C=C/c1nc2ccccc2o1. The number of nitrogens with one attached hydrogen (secondary N) is 2. The number of para-hydroxylation sites is 2. The molecule has 3 aromatic rings. The summed E-state index contributed by atoms with van der Waals surface area (Å²) in [5.74, 6) is 0.694. The van der Waals surface area contributed by atoms with Crippen LogP contribution in [0.1, 0.15) is 11.5 Å². The minimum atomic E-state index is -0.278. The Hall–Kier alpha value is -2.89. The second-order valence-corrected chi connectivity index (χ2v) is 4.27. The molecule has 6 nitrogen and oxygen atoms in total. The second-order valence-electron chi connectivity index (χ2n) is 4.27. The summed E-state index contributed by atoms with van der Waals surface area (Å²) >= 11 is 0. The van der Waals surface area contributed by atoms with Crippen LogP contribution in [0.4, 0.5) is 5.82 Å². The third kappa shape index (κ3) is 2.44. The van der Waals surface area contributed by atoms with Gasteiger partial charge in [0.25, 0.3) is 0 Å². The molecule has 3 rings (SSSR count). The average molecular weight is 268 g/mol. The number of carbonyl (C=O) groups excluding carboxylic acids is 1. The number of fused-ring (bicyclic) bond motifs is 1. The lowest BCUT2D eigenvalue weighted by molar-refractivity contribution is -0.111. The minimum absolute atomic E-state index is 0.278. The van der Waals surface area contributed by atoms with Crippen LogP contribution in [0.25, 0.3) is 17.2 Å². The third-order valence-electron chi connectivity index (χ3n) is 2.76. The molecule has 100 valence electrons. The number of aromatic amines is 1. The molecule has 2 N–H and O–H groups in total. The van der Waals surface area contributed by atoms with Crippen molar-refractivity contribution in [2.75, 3.05) is 5.32 Å². The third-order valence-corrected chi connectivity index (χ3v) is 2.76. The van der Waals surface area contributed by atoms with Gasteiger partial charge in [-0.3, -0.25) is 9.89 Å². The quantitative estimate of drug-likeness (QED) is 0.715. The molecule has 0 unspecified atom stereocenters. The zero-order valence-electron chi connectivity index (χ0n) is 10.8. The lowest BCUT2D eigenvalue weighted by Gasteiger charge is -1.98. The number of amides is 1. The van der Waals surface area contributed by atoms with Crippen LogP contribution in [-0.2, 0) is 4.79 Å². The molecule has 0 atom stereocenters. The Labute approximate surface area is 114 Å². The number of carbonyl (C=O) groups is 1. The summed E-state index contributed by atoms with van der Waals surface area (Å²) in [6.45, 7) is 1.85. The van der Waals surface area contributed by atoms with Crippen molar-refractivity contribution in [1.29, 1.82) is 0 Å². The molecule has 0 aliphatic rings. The van der Waals surface area contributed by atoms with Gasteiger partial charge in [0.1, 0.15) is 11.3 Å². The predicted octanol–water partition coefficient (Wildman–Crippen LogP) is 2.51. The van der Waals surface area contributed by atoms with E-state index in [1.807, 2.05) is 31.2 Å². The van der Waals surface area contributed by atoms with E-state index in [4.69, 9.17) is 4.42 Å². The lowest BCUT2D eigenvalue weighted by Crippen LogP contribution is -2.08. The van der Waals surface area contributed by atoms with Crippen LogP contribution < -0.4 is 5.32 Å². The highest BCUT2D eigenvalue weighted by molar-refractivity contribution is 6.01. The van der Waals surface area contributed by atoms with Crippen molar-refractivity contribution in [2.45, 2.75) is 6.92 Å². The number of anilines is 1. The van der Waals surface area contributed by atoms with Crippen LogP contribution in [0.15, 0.2) is 41.0 Å². The van der Waals surface area contributed by atoms with E-state index in [0.717, 1.165) is 11.1 Å². The molecule has 0 spiro atoms. The molecular formula is C14H12N4O2. The van der Waals surface area contributed by atoms with Gasteiger partial charge >= 0.3 is 0 Å². The fourth-order valence-corrected chi connectivity index (χ4v) is 1.75. The summed E-state index contributed by atoms with van der Waals surface area (Å²) in [6, 6.07) is 7.43. The van der Waals surface area contributed by atoms with Crippen LogP contribution in [0.5, 0.6) is 0 Å². The molecule has 0 aliphatic carbocycles. The van der Waals surface area contributed by atoms with E-state index in [1.165, 1.54) is 12.2 Å². The van der Waals surface area contributed by atoms with Gasteiger partial charge < -0.3 is 9.73 Å². The molecule has 6 heteroatoms. The molecule has 0 saturated carbocycles. The second kappa shape index (κ2) is 5.00. The fraction of sp³-hybridized carbons (Fsp3) is 0.0714. The Bertz CT molecular complexity index is 752. The van der Waals surface area contributed by atoms with Gasteiger partial charge in [0.15, 0.2) is 5.58 Å². The highest BCUT2D eigenvalue weighted by atomic mass is 16.3. The summed E-state index contributed by atoms with van der Waals surface area (Å²) in [4.78, 5) is 16.0. The standard InChI is InChI=1S/C14H12N4O2/c1-9-8-15-18-14(9)17-12(19)6-7-13-16-10-4-2-3-5-11(10)20-13/h2-8H,1H3,(H2,15,17,18,19)/b7-6+. The molecular weight excluding hydrogens is 256 g/mol. The Balaban J connectivity index is 1.73. The van der Waals surface area contributed by atoms with E-state index < -0.39 is 0 Å². The maximum absolute atomic E-state index is 11.7. The monoisotopic (exact) mass is 268 g/mol. The molecule has 1 aromatic carbocycles. The minimum Gasteiger partial charge on any atom is -0.437 e. The summed E-state index contributed by atoms with van der Waals surface area (Å²) < 4.78 is 5.48. The first-order valence-electron chi connectivity index (χ1n) is 6.07. The molecule has 0 aliphatic heterocycles. The normalized spacial score (nSPS) is 11.2. The van der Waals surface area contributed by atoms with Crippen molar-refractivity contribution in [1.82, 2.24) is 15.2 Å². The Morgan fingerprint density at radius 1 is 1.40 bits per heavy atom. The molecule has 0 bridgehead atoms. The topological polar surface area (TPSA) is 83.8 Å². The highest BCUT2D eigenvalue weighted by Crippen LogP contribution is 2.15. The lowest BCUT2D eigenvalue weighted by atomic mass is 10.3. The molecule has 2 aromatic heterocycles. The summed E-state index contributed by atoms with van der Waals surface area (Å²) in [5, 5.41) is 9.21. The average Bonchev–Trinajstić information content (AvgIpc) is 3.03. The number of oxazole rings is 1. The smallest absolute Gasteiger partial charge is 0.249 e. The van der Waals surface area contributed by atoms with E-state index in [-0.39, 0.29) is 5.91 Å². The van der Waals surface area contributed by atoms with Crippen molar-refractivity contribution < 1.29 is 9.21 Å². The molecule has 0 saturated heterocycles. The van der Waals surface area contributed by atoms with Gasteiger partial charge in [-0.1, -0.05) is 12.1 Å². The molecule has 0 radical (unpaired) electrons. The number of nitrogens with zero attached hydrogens (tertiary/aromatic N) is 2. The van der Waals surface area contributed by atoms with Crippen molar-refractivity contribution in [2.24, 2.45) is 0 Å². The van der Waals surface area contributed by atoms with Gasteiger partial charge in [-0.25, -0.2) is 4.98 Å². The highest BCUT2D eigenvalue weighted by Gasteiger charge is 2.04. The first-order valence-corrected chi connectivity index (χ1v) is 6.07. The first-order chi connectivity index (χ1) is 9.72. The van der Waals surface area contributed by atoms with Gasteiger partial charge in [0.05, 0.1) is 6.20 Å². The van der Waals surface area contributed by atoms with Crippen LogP contribution in [0, 0.1) is 6.92 Å². The van der Waals surface area contributed by atoms with E-state index in [2.05, 4.69) is 20.5 Å². The van der Waals surface area contributed by atoms with Crippen LogP contribution in [0.2, 0.25) is 0 Å². The fourth-order valence-electron chi connectivity index (χ4n) is 1.75. The van der Waals surface area contributed by atoms with Gasteiger partial charge in [-0.2, -0.15) is 5.10 Å². The molecule has 0 fully saturated rings. The first kappa shape index (κ1) is 12.2. The Morgan fingerprint density at radius 3 is 3.00 bits per heavy atom. The number of rotatable bonds is 3. The summed E-state index contributed by atoms with van der Waals surface area (Å²) in [5.41, 5.74) is 2.32.